The van der Waals surface area contributed by atoms with Crippen LogP contribution < -0.4 is 10.5 Å². The van der Waals surface area contributed by atoms with Crippen molar-refractivity contribution in [2.24, 2.45) is 5.73 Å². The van der Waals surface area contributed by atoms with Crippen LogP contribution in [0.2, 0.25) is 0 Å². The Bertz CT molecular complexity index is 425. The molecule has 1 aliphatic rings. The van der Waals surface area contributed by atoms with Crippen LogP contribution in [0.25, 0.3) is 0 Å². The van der Waals surface area contributed by atoms with Crippen LogP contribution in [-0.2, 0) is 5.41 Å². The maximum Gasteiger partial charge on any atom is 0.129 e. The van der Waals surface area contributed by atoms with Gasteiger partial charge in [0.25, 0.3) is 0 Å². The highest BCUT2D eigenvalue weighted by Crippen LogP contribution is 2.43. The molecule has 0 aromatic heterocycles. The van der Waals surface area contributed by atoms with Crippen molar-refractivity contribution in [3.63, 3.8) is 0 Å². The summed E-state index contributed by atoms with van der Waals surface area (Å²) >= 11 is 0. The normalized spacial score (nSPS) is 18.7. The lowest BCUT2D eigenvalue weighted by Crippen LogP contribution is -2.37. The van der Waals surface area contributed by atoms with Crippen molar-refractivity contribution in [3.05, 3.63) is 29.1 Å². The topological polar surface area (TPSA) is 35.2 Å². The maximum absolute atomic E-state index is 13.6. The molecule has 2 nitrogen and oxygen atoms in total. The second-order valence-corrected chi connectivity index (χ2v) is 5.35. The van der Waals surface area contributed by atoms with Crippen molar-refractivity contribution in [2.45, 2.75) is 44.4 Å². The van der Waals surface area contributed by atoms with Gasteiger partial charge in [0.15, 0.2) is 0 Å². The van der Waals surface area contributed by atoms with Gasteiger partial charge in [-0.3, -0.25) is 0 Å². The molecule has 3 heteroatoms. The molecule has 1 saturated carbocycles. The minimum Gasteiger partial charge on any atom is -0.496 e. The van der Waals surface area contributed by atoms with Gasteiger partial charge in [0.1, 0.15) is 11.6 Å². The minimum atomic E-state index is -0.210. The smallest absolute Gasteiger partial charge is 0.129 e. The fourth-order valence-electron chi connectivity index (χ4n) is 3.06. The van der Waals surface area contributed by atoms with Crippen LogP contribution in [0.1, 0.15) is 43.2 Å². The van der Waals surface area contributed by atoms with E-state index in [4.69, 9.17) is 10.5 Å². The summed E-state index contributed by atoms with van der Waals surface area (Å²) in [5, 5.41) is 0. The second kappa shape index (κ2) is 5.27. The van der Waals surface area contributed by atoms with E-state index >= 15 is 0 Å². The molecule has 0 unspecified atom stereocenters. The summed E-state index contributed by atoms with van der Waals surface area (Å²) in [5.41, 5.74) is 7.77. The summed E-state index contributed by atoms with van der Waals surface area (Å²) in [4.78, 5) is 0. The van der Waals surface area contributed by atoms with Crippen LogP contribution >= 0.6 is 0 Å². The third-order valence-electron chi connectivity index (χ3n) is 4.25. The van der Waals surface area contributed by atoms with Gasteiger partial charge in [-0.25, -0.2) is 4.39 Å². The lowest BCUT2D eigenvalue weighted by atomic mass is 9.69. The zero-order valence-corrected chi connectivity index (χ0v) is 11.3. The van der Waals surface area contributed by atoms with E-state index < -0.39 is 0 Å². The quantitative estimate of drug-likeness (QED) is 0.894. The maximum atomic E-state index is 13.6. The van der Waals surface area contributed by atoms with Crippen LogP contribution in [0, 0.1) is 12.7 Å². The van der Waals surface area contributed by atoms with Crippen molar-refractivity contribution in [1.29, 1.82) is 0 Å². The molecule has 0 radical (unpaired) electrons. The monoisotopic (exact) mass is 251 g/mol. The highest BCUT2D eigenvalue weighted by molar-refractivity contribution is 5.43. The Morgan fingerprint density at radius 2 is 1.94 bits per heavy atom. The molecule has 1 aromatic rings. The van der Waals surface area contributed by atoms with Gasteiger partial charge in [-0.1, -0.05) is 19.3 Å². The Labute approximate surface area is 108 Å². The summed E-state index contributed by atoms with van der Waals surface area (Å²) < 4.78 is 19.0. The van der Waals surface area contributed by atoms with Gasteiger partial charge in [-0.15, -0.1) is 0 Å². The molecule has 18 heavy (non-hydrogen) atoms. The second-order valence-electron chi connectivity index (χ2n) is 5.35. The van der Waals surface area contributed by atoms with Crippen molar-refractivity contribution < 1.29 is 9.13 Å². The number of hydrogen-bond donors (Lipinski definition) is 1. The first-order valence-corrected chi connectivity index (χ1v) is 6.67. The van der Waals surface area contributed by atoms with E-state index in [2.05, 4.69) is 0 Å². The van der Waals surface area contributed by atoms with Crippen LogP contribution in [0.5, 0.6) is 5.75 Å². The average molecular weight is 251 g/mol. The SMILES string of the molecule is COc1cc(F)c(C)cc1C1(CN)CCCCC1. The van der Waals surface area contributed by atoms with Crippen molar-refractivity contribution in [3.8, 4) is 5.75 Å². The molecular formula is C15H22FNO. The molecule has 2 rings (SSSR count). The van der Waals surface area contributed by atoms with E-state index in [1.807, 2.05) is 6.07 Å². The number of hydrogen-bond acceptors (Lipinski definition) is 2. The molecule has 1 fully saturated rings. The predicted molar refractivity (Wildman–Crippen MR) is 71.5 cm³/mol. The summed E-state index contributed by atoms with van der Waals surface area (Å²) in [6.45, 7) is 2.40. The lowest BCUT2D eigenvalue weighted by Gasteiger charge is -2.37. The van der Waals surface area contributed by atoms with Crippen molar-refractivity contribution in [1.82, 2.24) is 0 Å². The fraction of sp³-hybridized carbons (Fsp3) is 0.600. The summed E-state index contributed by atoms with van der Waals surface area (Å²) in [5.74, 6) is 0.434. The molecule has 2 N–H and O–H groups in total. The molecule has 0 saturated heterocycles. The average Bonchev–Trinajstić information content (AvgIpc) is 2.42. The molecule has 0 spiro atoms. The van der Waals surface area contributed by atoms with Gasteiger partial charge in [0, 0.05) is 23.6 Å². The zero-order valence-electron chi connectivity index (χ0n) is 11.3. The van der Waals surface area contributed by atoms with E-state index in [9.17, 15) is 4.39 Å². The number of methoxy groups -OCH3 is 1. The first-order chi connectivity index (χ1) is 8.63. The Morgan fingerprint density at radius 3 is 2.50 bits per heavy atom. The van der Waals surface area contributed by atoms with Crippen molar-refractivity contribution >= 4 is 0 Å². The molecule has 0 amide bonds. The summed E-state index contributed by atoms with van der Waals surface area (Å²) in [6.07, 6.45) is 5.80. The van der Waals surface area contributed by atoms with Gasteiger partial charge in [0.2, 0.25) is 0 Å². The highest BCUT2D eigenvalue weighted by atomic mass is 19.1. The van der Waals surface area contributed by atoms with E-state index in [0.717, 1.165) is 18.4 Å². The Morgan fingerprint density at radius 1 is 1.28 bits per heavy atom. The third kappa shape index (κ3) is 2.24. The van der Waals surface area contributed by atoms with E-state index in [1.165, 1.54) is 25.3 Å². The highest BCUT2D eigenvalue weighted by Gasteiger charge is 2.35. The molecule has 0 heterocycles. The summed E-state index contributed by atoms with van der Waals surface area (Å²) in [6, 6.07) is 3.42. The first kappa shape index (κ1) is 13.3. The number of benzene rings is 1. The molecule has 100 valence electrons. The fourth-order valence-corrected chi connectivity index (χ4v) is 3.06. The van der Waals surface area contributed by atoms with E-state index in [1.54, 1.807) is 14.0 Å². The molecule has 1 aliphatic carbocycles. The lowest BCUT2D eigenvalue weighted by molar-refractivity contribution is 0.287. The Balaban J connectivity index is 2.49. The molecule has 0 atom stereocenters. The number of halogens is 1. The van der Waals surface area contributed by atoms with Crippen LogP contribution in [0.15, 0.2) is 12.1 Å². The molecule has 1 aromatic carbocycles. The van der Waals surface area contributed by atoms with Gasteiger partial charge < -0.3 is 10.5 Å². The van der Waals surface area contributed by atoms with Crippen molar-refractivity contribution in [2.75, 3.05) is 13.7 Å². The Kier molecular flexibility index (Phi) is 3.91. The molecule has 0 aliphatic heterocycles. The standard InChI is InChI=1S/C15H22FNO/c1-11-8-12(14(18-2)9-13(11)16)15(10-17)6-4-3-5-7-15/h8-9H,3-7,10,17H2,1-2H3. The summed E-state index contributed by atoms with van der Waals surface area (Å²) in [7, 11) is 1.60. The van der Waals surface area contributed by atoms with Crippen LogP contribution in [0.4, 0.5) is 4.39 Å². The number of rotatable bonds is 3. The van der Waals surface area contributed by atoms with Crippen LogP contribution in [0.3, 0.4) is 0 Å². The Hall–Kier alpha value is -1.09. The zero-order chi connectivity index (χ0) is 13.2. The van der Waals surface area contributed by atoms with E-state index in [0.29, 0.717) is 17.9 Å². The number of nitrogens with two attached hydrogens (primary N) is 1. The van der Waals surface area contributed by atoms with Gasteiger partial charge in [-0.2, -0.15) is 0 Å². The minimum absolute atomic E-state index is 0.0257. The number of aryl methyl sites for hydroxylation is 1. The molecule has 0 bridgehead atoms. The van der Waals surface area contributed by atoms with Gasteiger partial charge in [-0.05, 0) is 31.4 Å². The molecular weight excluding hydrogens is 229 g/mol. The van der Waals surface area contributed by atoms with Crippen LogP contribution in [-0.4, -0.2) is 13.7 Å². The number of ether oxygens (including phenoxy) is 1. The van der Waals surface area contributed by atoms with Gasteiger partial charge >= 0.3 is 0 Å². The predicted octanol–water partition coefficient (Wildman–Crippen LogP) is 3.30. The van der Waals surface area contributed by atoms with E-state index in [-0.39, 0.29) is 11.2 Å². The first-order valence-electron chi connectivity index (χ1n) is 6.67. The third-order valence-corrected chi connectivity index (χ3v) is 4.25. The van der Waals surface area contributed by atoms with Gasteiger partial charge in [0.05, 0.1) is 7.11 Å². The largest absolute Gasteiger partial charge is 0.496 e.